The molecule has 0 unspecified atom stereocenters. The first-order chi connectivity index (χ1) is 13.8. The van der Waals surface area contributed by atoms with Crippen molar-refractivity contribution in [3.8, 4) is 5.75 Å². The highest BCUT2D eigenvalue weighted by Gasteiger charge is 2.22. The van der Waals surface area contributed by atoms with Gasteiger partial charge in [0.25, 0.3) is 5.91 Å². The van der Waals surface area contributed by atoms with Crippen LogP contribution in [0.15, 0.2) is 70.0 Å². The van der Waals surface area contributed by atoms with Crippen molar-refractivity contribution >= 4 is 21.6 Å². The second kappa shape index (κ2) is 8.50. The van der Waals surface area contributed by atoms with E-state index >= 15 is 0 Å². The smallest absolute Gasteiger partial charge is 0.291 e. The third kappa shape index (κ3) is 4.67. The first-order valence-electron chi connectivity index (χ1n) is 8.87. The van der Waals surface area contributed by atoms with E-state index in [-0.39, 0.29) is 17.2 Å². The molecule has 1 heterocycles. The number of hydrogen-bond acceptors (Lipinski definition) is 5. The molecule has 0 aliphatic heterocycles. The van der Waals surface area contributed by atoms with Crippen molar-refractivity contribution in [2.24, 2.45) is 0 Å². The molecule has 3 aromatic rings. The summed E-state index contributed by atoms with van der Waals surface area (Å²) in [7, 11) is -0.687. The van der Waals surface area contributed by atoms with Gasteiger partial charge in [0.15, 0.2) is 5.76 Å². The normalized spacial score (nSPS) is 11.4. The standard InChI is InChI=1S/C21H22N2O5S/c1-15-8-11-17(12-9-15)29(25,26)23(2)14-16-10-13-20(28-16)21(24)22-18-6-4-5-7-19(18)27-3/h4-13H,14H2,1-3H3,(H,22,24). The zero-order valence-electron chi connectivity index (χ0n) is 16.4. The van der Waals surface area contributed by atoms with Crippen molar-refractivity contribution in [1.29, 1.82) is 0 Å². The molecular weight excluding hydrogens is 392 g/mol. The minimum Gasteiger partial charge on any atom is -0.495 e. The molecule has 1 amide bonds. The summed E-state index contributed by atoms with van der Waals surface area (Å²) in [4.78, 5) is 12.6. The molecule has 1 aromatic heterocycles. The van der Waals surface area contributed by atoms with Crippen LogP contribution in [0.5, 0.6) is 5.75 Å². The van der Waals surface area contributed by atoms with E-state index in [2.05, 4.69) is 5.32 Å². The molecule has 0 aliphatic rings. The van der Waals surface area contributed by atoms with Crippen LogP contribution in [0.2, 0.25) is 0 Å². The molecule has 0 bridgehead atoms. The molecule has 3 rings (SSSR count). The topological polar surface area (TPSA) is 88.9 Å². The summed E-state index contributed by atoms with van der Waals surface area (Å²) in [6.07, 6.45) is 0. The highest BCUT2D eigenvalue weighted by atomic mass is 32.2. The number of benzene rings is 2. The predicted octanol–water partition coefficient (Wildman–Crippen LogP) is 3.67. The molecule has 0 spiro atoms. The average molecular weight is 414 g/mol. The number of methoxy groups -OCH3 is 1. The van der Waals surface area contributed by atoms with Crippen molar-refractivity contribution < 1.29 is 22.4 Å². The van der Waals surface area contributed by atoms with Crippen LogP contribution >= 0.6 is 0 Å². The number of nitrogens with zero attached hydrogens (tertiary/aromatic N) is 1. The Morgan fingerprint density at radius 1 is 1.07 bits per heavy atom. The molecule has 152 valence electrons. The van der Waals surface area contributed by atoms with Crippen molar-refractivity contribution in [2.45, 2.75) is 18.4 Å². The van der Waals surface area contributed by atoms with Crippen LogP contribution in [-0.4, -0.2) is 32.8 Å². The quantitative estimate of drug-likeness (QED) is 0.637. The van der Waals surface area contributed by atoms with Gasteiger partial charge in [-0.1, -0.05) is 29.8 Å². The Bertz CT molecular complexity index is 1100. The van der Waals surface area contributed by atoms with Gasteiger partial charge in [0.05, 0.1) is 24.2 Å². The SMILES string of the molecule is COc1ccccc1NC(=O)c1ccc(CN(C)S(=O)(=O)c2ccc(C)cc2)o1. The van der Waals surface area contributed by atoms with Gasteiger partial charge < -0.3 is 14.5 Å². The highest BCUT2D eigenvalue weighted by Crippen LogP contribution is 2.24. The molecule has 1 N–H and O–H groups in total. The maximum Gasteiger partial charge on any atom is 0.291 e. The summed E-state index contributed by atoms with van der Waals surface area (Å²) in [5.41, 5.74) is 1.49. The number of ether oxygens (including phenoxy) is 1. The van der Waals surface area contributed by atoms with Gasteiger partial charge in [0.2, 0.25) is 10.0 Å². The summed E-state index contributed by atoms with van der Waals surface area (Å²) < 4.78 is 37.3. The molecule has 29 heavy (non-hydrogen) atoms. The molecule has 0 aliphatic carbocycles. The van der Waals surface area contributed by atoms with Crippen LogP contribution in [0.4, 0.5) is 5.69 Å². The van der Waals surface area contributed by atoms with E-state index in [1.54, 1.807) is 54.6 Å². The average Bonchev–Trinajstić information content (AvgIpc) is 3.17. The molecule has 8 heteroatoms. The fraction of sp³-hybridized carbons (Fsp3) is 0.190. The van der Waals surface area contributed by atoms with Gasteiger partial charge in [-0.2, -0.15) is 4.31 Å². The molecule has 0 saturated heterocycles. The summed E-state index contributed by atoms with van der Waals surface area (Å²) >= 11 is 0. The lowest BCUT2D eigenvalue weighted by molar-refractivity contribution is 0.0994. The third-order valence-electron chi connectivity index (χ3n) is 4.35. The minimum atomic E-state index is -3.67. The van der Waals surface area contributed by atoms with Gasteiger partial charge in [-0.25, -0.2) is 8.42 Å². The molecule has 7 nitrogen and oxygen atoms in total. The monoisotopic (exact) mass is 414 g/mol. The maximum atomic E-state index is 12.7. The Morgan fingerprint density at radius 2 is 1.76 bits per heavy atom. The van der Waals surface area contributed by atoms with E-state index < -0.39 is 15.9 Å². The van der Waals surface area contributed by atoms with Gasteiger partial charge >= 0.3 is 0 Å². The minimum absolute atomic E-state index is 0.00184. The van der Waals surface area contributed by atoms with Crippen molar-refractivity contribution in [1.82, 2.24) is 4.31 Å². The van der Waals surface area contributed by atoms with Crippen molar-refractivity contribution in [3.63, 3.8) is 0 Å². The molecule has 0 radical (unpaired) electrons. The number of carbonyl (C=O) groups is 1. The summed E-state index contributed by atoms with van der Waals surface area (Å²) in [5, 5.41) is 2.72. The van der Waals surface area contributed by atoms with E-state index in [1.165, 1.54) is 24.5 Å². The molecule has 0 fully saturated rings. The van der Waals surface area contributed by atoms with Gasteiger partial charge in [-0.05, 0) is 43.3 Å². The number of amides is 1. The van der Waals surface area contributed by atoms with E-state index in [4.69, 9.17) is 9.15 Å². The van der Waals surface area contributed by atoms with Crippen LogP contribution in [-0.2, 0) is 16.6 Å². The molecule has 0 saturated carbocycles. The Kier molecular flexibility index (Phi) is 6.05. The number of nitrogens with one attached hydrogen (secondary N) is 1. The van der Waals surface area contributed by atoms with Gasteiger partial charge in [-0.3, -0.25) is 4.79 Å². The largest absolute Gasteiger partial charge is 0.495 e. The second-order valence-corrected chi connectivity index (χ2v) is 8.54. The molecular formula is C21H22N2O5S. The van der Waals surface area contributed by atoms with Crippen LogP contribution in [0.3, 0.4) is 0 Å². The van der Waals surface area contributed by atoms with Gasteiger partial charge in [-0.15, -0.1) is 0 Å². The number of sulfonamides is 1. The Hall–Kier alpha value is -3.10. The zero-order chi connectivity index (χ0) is 21.0. The molecule has 0 atom stereocenters. The first kappa shape index (κ1) is 20.6. The first-order valence-corrected chi connectivity index (χ1v) is 10.3. The number of anilines is 1. The maximum absolute atomic E-state index is 12.7. The molecule has 2 aromatic carbocycles. The Balaban J connectivity index is 1.71. The number of rotatable bonds is 7. The number of carbonyl (C=O) groups excluding carboxylic acids is 1. The van der Waals surface area contributed by atoms with Gasteiger partial charge in [0, 0.05) is 7.05 Å². The van der Waals surface area contributed by atoms with Gasteiger partial charge in [0.1, 0.15) is 11.5 Å². The number of aryl methyl sites for hydroxylation is 1. The summed E-state index contributed by atoms with van der Waals surface area (Å²) in [5.74, 6) is 0.502. The summed E-state index contributed by atoms with van der Waals surface area (Å²) in [6.45, 7) is 1.89. The van der Waals surface area contributed by atoms with E-state index in [1.807, 2.05) is 6.92 Å². The van der Waals surface area contributed by atoms with Crippen molar-refractivity contribution in [3.05, 3.63) is 77.7 Å². The Morgan fingerprint density at radius 3 is 2.45 bits per heavy atom. The lowest BCUT2D eigenvalue weighted by Crippen LogP contribution is -2.26. The van der Waals surface area contributed by atoms with Crippen LogP contribution in [0, 0.1) is 6.92 Å². The van der Waals surface area contributed by atoms with Crippen LogP contribution in [0.1, 0.15) is 21.9 Å². The lowest BCUT2D eigenvalue weighted by Gasteiger charge is -2.16. The van der Waals surface area contributed by atoms with E-state index in [0.29, 0.717) is 17.2 Å². The highest BCUT2D eigenvalue weighted by molar-refractivity contribution is 7.89. The summed E-state index contributed by atoms with van der Waals surface area (Å²) in [6, 6.07) is 16.7. The zero-order valence-corrected chi connectivity index (χ0v) is 17.2. The number of hydrogen-bond donors (Lipinski definition) is 1. The second-order valence-electron chi connectivity index (χ2n) is 6.49. The predicted molar refractivity (Wildman–Crippen MR) is 109 cm³/mol. The fourth-order valence-electron chi connectivity index (χ4n) is 2.71. The van der Waals surface area contributed by atoms with Crippen molar-refractivity contribution in [2.75, 3.05) is 19.5 Å². The van der Waals surface area contributed by atoms with Crippen LogP contribution < -0.4 is 10.1 Å². The van der Waals surface area contributed by atoms with Crippen LogP contribution in [0.25, 0.3) is 0 Å². The fourth-order valence-corrected chi connectivity index (χ4v) is 3.85. The van der Waals surface area contributed by atoms with E-state index in [9.17, 15) is 13.2 Å². The lowest BCUT2D eigenvalue weighted by atomic mass is 10.2. The third-order valence-corrected chi connectivity index (χ3v) is 6.17. The number of para-hydroxylation sites is 2. The number of furan rings is 1. The van der Waals surface area contributed by atoms with E-state index in [0.717, 1.165) is 5.56 Å². The Labute approximate surface area is 170 Å².